The minimum Gasteiger partial charge on any atom is -0.447 e. The molecule has 0 spiro atoms. The van der Waals surface area contributed by atoms with Gasteiger partial charge in [0.2, 0.25) is 0 Å². The Balaban J connectivity index is 1.88. The highest BCUT2D eigenvalue weighted by Gasteiger charge is 2.28. The molecular weight excluding hydrogens is 318 g/mol. The number of nitriles is 1. The van der Waals surface area contributed by atoms with Crippen LogP contribution in [-0.2, 0) is 14.3 Å². The van der Waals surface area contributed by atoms with Crippen molar-refractivity contribution < 1.29 is 19.1 Å². The molecule has 0 N–H and O–H groups in total. The van der Waals surface area contributed by atoms with E-state index in [0.717, 1.165) is 19.3 Å². The van der Waals surface area contributed by atoms with Crippen LogP contribution in [0.1, 0.15) is 39.0 Å². The van der Waals surface area contributed by atoms with Crippen LogP contribution in [0.15, 0.2) is 30.3 Å². The summed E-state index contributed by atoms with van der Waals surface area (Å²) in [6, 6.07) is 10.8. The maximum Gasteiger partial charge on any atom is 0.311 e. The van der Waals surface area contributed by atoms with Gasteiger partial charge in [0.25, 0.3) is 0 Å². The quantitative estimate of drug-likeness (QED) is 0.533. The normalized spacial score (nSPS) is 16.6. The van der Waals surface area contributed by atoms with Crippen molar-refractivity contribution in [3.8, 4) is 11.8 Å². The van der Waals surface area contributed by atoms with Crippen LogP contribution in [-0.4, -0.2) is 18.0 Å². The van der Waals surface area contributed by atoms with Gasteiger partial charge in [0.1, 0.15) is 11.8 Å². The Morgan fingerprint density at radius 1 is 1.32 bits per heavy atom. The standard InChI is InChI=1S/C20H23NO4/c1-15(14-21)24-19(22)12-11-17(16-7-5-6-8-16)13-20(23)25-18-9-3-2-4-10-18/h2-5,9-11,15-17H,6-8,12-13H2,1H3. The first-order chi connectivity index (χ1) is 12.1. The molecule has 2 radical (unpaired) electrons. The summed E-state index contributed by atoms with van der Waals surface area (Å²) in [4.78, 5) is 24.0. The minimum absolute atomic E-state index is 0.0418. The molecule has 1 aliphatic carbocycles. The summed E-state index contributed by atoms with van der Waals surface area (Å²) >= 11 is 0. The summed E-state index contributed by atoms with van der Waals surface area (Å²) in [5, 5.41) is 8.69. The van der Waals surface area contributed by atoms with Crippen molar-refractivity contribution in [3.63, 3.8) is 0 Å². The Bertz CT molecular complexity index is 602. The second-order valence-corrected chi connectivity index (χ2v) is 6.22. The third-order valence-electron chi connectivity index (χ3n) is 4.27. The molecule has 2 rings (SSSR count). The van der Waals surface area contributed by atoms with Crippen LogP contribution in [0.2, 0.25) is 0 Å². The number of ether oxygens (including phenoxy) is 2. The SMILES string of the molecule is CC(C#N)OC(=O)C[CH]C(CC(=O)Oc1ccccc1)C1C[CH]CC1. The highest BCUT2D eigenvalue weighted by Crippen LogP contribution is 2.35. The topological polar surface area (TPSA) is 76.4 Å². The van der Waals surface area contributed by atoms with Gasteiger partial charge in [0.05, 0.1) is 0 Å². The molecule has 3 atom stereocenters. The molecule has 0 saturated heterocycles. The molecule has 0 aromatic heterocycles. The van der Waals surface area contributed by atoms with Crippen LogP contribution in [0.3, 0.4) is 0 Å². The number of para-hydroxylation sites is 1. The Morgan fingerprint density at radius 2 is 2.08 bits per heavy atom. The fraction of sp³-hybridized carbons (Fsp3) is 0.450. The van der Waals surface area contributed by atoms with Crippen molar-refractivity contribution in [3.05, 3.63) is 43.2 Å². The fourth-order valence-electron chi connectivity index (χ4n) is 2.99. The van der Waals surface area contributed by atoms with Crippen molar-refractivity contribution in [1.29, 1.82) is 5.26 Å². The molecule has 0 aliphatic heterocycles. The number of hydrogen-bond acceptors (Lipinski definition) is 5. The monoisotopic (exact) mass is 341 g/mol. The number of nitrogens with zero attached hydrogens (tertiary/aromatic N) is 1. The molecule has 25 heavy (non-hydrogen) atoms. The molecule has 1 saturated carbocycles. The molecular formula is C20H23NO4. The van der Waals surface area contributed by atoms with Crippen molar-refractivity contribution in [2.24, 2.45) is 11.8 Å². The lowest BCUT2D eigenvalue weighted by molar-refractivity contribution is -0.145. The maximum absolute atomic E-state index is 12.2. The zero-order valence-corrected chi connectivity index (χ0v) is 14.4. The average molecular weight is 341 g/mol. The Hall–Kier alpha value is -2.35. The van der Waals surface area contributed by atoms with Crippen LogP contribution < -0.4 is 4.74 Å². The highest BCUT2D eigenvalue weighted by molar-refractivity contribution is 5.74. The maximum atomic E-state index is 12.2. The predicted molar refractivity (Wildman–Crippen MR) is 91.9 cm³/mol. The van der Waals surface area contributed by atoms with E-state index in [1.807, 2.05) is 30.7 Å². The van der Waals surface area contributed by atoms with Crippen molar-refractivity contribution >= 4 is 11.9 Å². The molecule has 1 aromatic carbocycles. The van der Waals surface area contributed by atoms with Gasteiger partial charge in [-0.3, -0.25) is 9.59 Å². The first-order valence-corrected chi connectivity index (χ1v) is 8.58. The molecule has 5 heteroatoms. The summed E-state index contributed by atoms with van der Waals surface area (Å²) in [7, 11) is 0. The van der Waals surface area contributed by atoms with Crippen molar-refractivity contribution in [2.75, 3.05) is 0 Å². The average Bonchev–Trinajstić information content (AvgIpc) is 3.13. The van der Waals surface area contributed by atoms with Gasteiger partial charge in [0.15, 0.2) is 6.10 Å². The second-order valence-electron chi connectivity index (χ2n) is 6.22. The van der Waals surface area contributed by atoms with Gasteiger partial charge in [-0.05, 0) is 63.0 Å². The minimum atomic E-state index is -0.762. The van der Waals surface area contributed by atoms with E-state index < -0.39 is 12.1 Å². The third kappa shape index (κ3) is 6.58. The van der Waals surface area contributed by atoms with Gasteiger partial charge in [-0.2, -0.15) is 5.26 Å². The summed E-state index contributed by atoms with van der Waals surface area (Å²) in [5.41, 5.74) is 0. The summed E-state index contributed by atoms with van der Waals surface area (Å²) in [6.45, 7) is 1.53. The second kappa shape index (κ2) is 9.83. The third-order valence-corrected chi connectivity index (χ3v) is 4.27. The van der Waals surface area contributed by atoms with Crippen molar-refractivity contribution in [1.82, 2.24) is 0 Å². The van der Waals surface area contributed by atoms with Gasteiger partial charge in [-0.25, -0.2) is 0 Å². The van der Waals surface area contributed by atoms with Crippen LogP contribution in [0.4, 0.5) is 0 Å². The van der Waals surface area contributed by atoms with Gasteiger partial charge < -0.3 is 9.47 Å². The lowest BCUT2D eigenvalue weighted by Crippen LogP contribution is -2.22. The molecule has 0 heterocycles. The van der Waals surface area contributed by atoms with E-state index in [0.29, 0.717) is 11.7 Å². The fourth-order valence-corrected chi connectivity index (χ4v) is 2.99. The number of hydrogen-bond donors (Lipinski definition) is 0. The van der Waals surface area contributed by atoms with E-state index in [1.165, 1.54) is 6.92 Å². The zero-order chi connectivity index (χ0) is 18.1. The molecule has 1 aliphatic rings. The van der Waals surface area contributed by atoms with Gasteiger partial charge in [-0.15, -0.1) is 0 Å². The Labute approximate surface area is 148 Å². The number of rotatable bonds is 8. The smallest absolute Gasteiger partial charge is 0.311 e. The highest BCUT2D eigenvalue weighted by atomic mass is 16.5. The largest absolute Gasteiger partial charge is 0.447 e. The lowest BCUT2D eigenvalue weighted by atomic mass is 9.84. The van der Waals surface area contributed by atoms with E-state index in [2.05, 4.69) is 6.42 Å². The van der Waals surface area contributed by atoms with E-state index >= 15 is 0 Å². The van der Waals surface area contributed by atoms with E-state index in [1.54, 1.807) is 12.1 Å². The first kappa shape index (κ1) is 19.0. The van der Waals surface area contributed by atoms with E-state index in [-0.39, 0.29) is 24.7 Å². The zero-order valence-electron chi connectivity index (χ0n) is 14.4. The number of carbonyl (C=O) groups excluding carboxylic acids is 2. The van der Waals surface area contributed by atoms with E-state index in [4.69, 9.17) is 14.7 Å². The van der Waals surface area contributed by atoms with Crippen LogP contribution in [0.5, 0.6) is 5.75 Å². The van der Waals surface area contributed by atoms with Gasteiger partial charge >= 0.3 is 11.9 Å². The Morgan fingerprint density at radius 3 is 2.72 bits per heavy atom. The summed E-state index contributed by atoms with van der Waals surface area (Å²) < 4.78 is 10.3. The van der Waals surface area contributed by atoms with Crippen LogP contribution in [0, 0.1) is 36.0 Å². The van der Waals surface area contributed by atoms with Crippen molar-refractivity contribution in [2.45, 2.75) is 45.1 Å². The van der Waals surface area contributed by atoms with E-state index in [9.17, 15) is 9.59 Å². The van der Waals surface area contributed by atoms with Crippen LogP contribution >= 0.6 is 0 Å². The van der Waals surface area contributed by atoms with Gasteiger partial charge in [0, 0.05) is 12.8 Å². The molecule has 0 amide bonds. The first-order valence-electron chi connectivity index (χ1n) is 8.58. The molecule has 1 fully saturated rings. The van der Waals surface area contributed by atoms with Crippen LogP contribution in [0.25, 0.3) is 0 Å². The molecule has 1 aromatic rings. The molecule has 5 nitrogen and oxygen atoms in total. The summed E-state index contributed by atoms with van der Waals surface area (Å²) in [5.74, 6) is 0.0615. The Kier molecular flexibility index (Phi) is 7.46. The number of esters is 2. The molecule has 3 unspecified atom stereocenters. The number of carbonyl (C=O) groups is 2. The molecule has 0 bridgehead atoms. The lowest BCUT2D eigenvalue weighted by Gasteiger charge is -2.22. The summed E-state index contributed by atoms with van der Waals surface area (Å²) in [6.07, 6.45) is 6.57. The van der Waals surface area contributed by atoms with Gasteiger partial charge in [-0.1, -0.05) is 18.2 Å². The number of benzene rings is 1. The molecule has 132 valence electrons. The predicted octanol–water partition coefficient (Wildman–Crippen LogP) is 3.65.